The van der Waals surface area contributed by atoms with Crippen molar-refractivity contribution in [2.45, 2.75) is 71.0 Å². The summed E-state index contributed by atoms with van der Waals surface area (Å²) in [5, 5.41) is 13.9. The molecule has 28 heavy (non-hydrogen) atoms. The van der Waals surface area contributed by atoms with Gasteiger partial charge in [0, 0.05) is 42.7 Å². The van der Waals surface area contributed by atoms with Gasteiger partial charge in [-0.05, 0) is 58.1 Å². The molecule has 1 aliphatic rings. The van der Waals surface area contributed by atoms with E-state index >= 15 is 0 Å². The van der Waals surface area contributed by atoms with Crippen LogP contribution in [-0.2, 0) is 17.8 Å². The van der Waals surface area contributed by atoms with Crippen LogP contribution in [0.5, 0.6) is 0 Å². The number of aromatic nitrogens is 1. The van der Waals surface area contributed by atoms with Crippen LogP contribution in [0, 0.1) is 0 Å². The van der Waals surface area contributed by atoms with Crippen molar-refractivity contribution in [3.63, 3.8) is 0 Å². The van der Waals surface area contributed by atoms with Gasteiger partial charge >= 0.3 is 6.09 Å². The van der Waals surface area contributed by atoms with Crippen LogP contribution in [0.15, 0.2) is 30.5 Å². The minimum absolute atomic E-state index is 0.00956. The zero-order chi connectivity index (χ0) is 20.5. The fourth-order valence-electron chi connectivity index (χ4n) is 4.34. The third kappa shape index (κ3) is 4.16. The van der Waals surface area contributed by atoms with Crippen molar-refractivity contribution in [3.05, 3.63) is 36.0 Å². The summed E-state index contributed by atoms with van der Waals surface area (Å²) in [7, 11) is 0. The minimum atomic E-state index is -0.843. The summed E-state index contributed by atoms with van der Waals surface area (Å²) < 4.78 is 2.23. The molecule has 0 radical (unpaired) electrons. The van der Waals surface area contributed by atoms with Crippen molar-refractivity contribution in [2.75, 3.05) is 6.54 Å². The quantitative estimate of drug-likeness (QED) is 0.707. The van der Waals surface area contributed by atoms with Crippen molar-refractivity contribution >= 4 is 22.9 Å². The Balaban J connectivity index is 1.85. The van der Waals surface area contributed by atoms with Crippen LogP contribution in [0.25, 0.3) is 10.9 Å². The Kier molecular flexibility index (Phi) is 5.41. The molecule has 1 heterocycles. The summed E-state index contributed by atoms with van der Waals surface area (Å²) in [6.45, 7) is 8.89. The van der Waals surface area contributed by atoms with Crippen LogP contribution in [-0.4, -0.2) is 44.2 Å². The van der Waals surface area contributed by atoms with Crippen LogP contribution in [0.2, 0.25) is 0 Å². The number of hydrogen-bond acceptors (Lipinski definition) is 2. The normalized spacial score (nSPS) is 15.4. The Morgan fingerprint density at radius 2 is 1.93 bits per heavy atom. The van der Waals surface area contributed by atoms with Crippen molar-refractivity contribution in [1.82, 2.24) is 14.8 Å². The summed E-state index contributed by atoms with van der Waals surface area (Å²) in [6, 6.07) is 8.29. The van der Waals surface area contributed by atoms with E-state index in [0.29, 0.717) is 6.54 Å². The van der Waals surface area contributed by atoms with Crippen LogP contribution in [0.3, 0.4) is 0 Å². The smallest absolute Gasteiger partial charge is 0.408 e. The number of fused-ring (bicyclic) bond motifs is 1. The van der Waals surface area contributed by atoms with Gasteiger partial charge in [0.15, 0.2) is 0 Å². The predicted molar refractivity (Wildman–Crippen MR) is 111 cm³/mol. The number of aryl methyl sites for hydroxylation is 1. The van der Waals surface area contributed by atoms with E-state index in [1.54, 1.807) is 4.90 Å². The van der Waals surface area contributed by atoms with E-state index in [9.17, 15) is 14.7 Å². The molecular weight excluding hydrogens is 354 g/mol. The number of rotatable bonds is 7. The Hall–Kier alpha value is -2.50. The van der Waals surface area contributed by atoms with Crippen molar-refractivity contribution in [3.8, 4) is 0 Å². The Morgan fingerprint density at radius 3 is 2.50 bits per heavy atom. The third-order valence-electron chi connectivity index (χ3n) is 5.50. The van der Waals surface area contributed by atoms with Gasteiger partial charge in [0.1, 0.15) is 0 Å². The standard InChI is InChI=1S/C22H31N3O3/c1-16(26)23-12-7-13-24-15-17(18-8-5-6-9-19(18)24)14-22(10-11-22)25(20(27)28)21(2,3)4/h5-6,8-9,15H,7,10-14H2,1-4H3,(H,23,26)(H,27,28). The number of hydrogen-bond donors (Lipinski definition) is 2. The molecular formula is C22H31N3O3. The van der Waals surface area contributed by atoms with E-state index in [-0.39, 0.29) is 11.4 Å². The first kappa shape index (κ1) is 20.2. The van der Waals surface area contributed by atoms with E-state index in [4.69, 9.17) is 0 Å². The van der Waals surface area contributed by atoms with Gasteiger partial charge in [-0.3, -0.25) is 9.69 Å². The average Bonchev–Trinajstić information content (AvgIpc) is 3.25. The van der Waals surface area contributed by atoms with E-state index in [0.717, 1.165) is 37.7 Å². The van der Waals surface area contributed by atoms with Crippen molar-refractivity contribution < 1.29 is 14.7 Å². The summed E-state index contributed by atoms with van der Waals surface area (Å²) >= 11 is 0. The largest absolute Gasteiger partial charge is 0.465 e. The number of carboxylic acid groups (broad SMARTS) is 1. The molecule has 0 atom stereocenters. The number of benzene rings is 1. The topological polar surface area (TPSA) is 74.6 Å². The van der Waals surface area contributed by atoms with E-state index in [1.807, 2.05) is 32.9 Å². The van der Waals surface area contributed by atoms with Gasteiger partial charge in [-0.25, -0.2) is 4.79 Å². The lowest BCUT2D eigenvalue weighted by Crippen LogP contribution is -2.53. The second-order valence-corrected chi connectivity index (χ2v) is 8.89. The molecule has 2 amide bonds. The molecule has 3 rings (SSSR count). The molecule has 2 aromatic rings. The number of nitrogens with one attached hydrogen (secondary N) is 1. The zero-order valence-corrected chi connectivity index (χ0v) is 17.3. The first-order chi connectivity index (χ1) is 13.1. The summed E-state index contributed by atoms with van der Waals surface area (Å²) in [5.74, 6) is -0.00956. The Labute approximate surface area is 166 Å². The molecule has 1 saturated carbocycles. The first-order valence-corrected chi connectivity index (χ1v) is 9.98. The highest BCUT2D eigenvalue weighted by Gasteiger charge is 2.54. The highest BCUT2D eigenvalue weighted by molar-refractivity contribution is 5.84. The van der Waals surface area contributed by atoms with Crippen LogP contribution >= 0.6 is 0 Å². The molecule has 6 heteroatoms. The lowest BCUT2D eigenvalue weighted by Gasteiger charge is -2.40. The molecule has 6 nitrogen and oxygen atoms in total. The summed E-state index contributed by atoms with van der Waals surface area (Å²) in [5.41, 5.74) is 1.62. The monoisotopic (exact) mass is 385 g/mol. The van der Waals surface area contributed by atoms with Gasteiger partial charge in [0.25, 0.3) is 0 Å². The maximum absolute atomic E-state index is 12.0. The lowest BCUT2D eigenvalue weighted by molar-refractivity contribution is -0.118. The Bertz CT molecular complexity index is 875. The Morgan fingerprint density at radius 1 is 1.25 bits per heavy atom. The highest BCUT2D eigenvalue weighted by atomic mass is 16.4. The summed E-state index contributed by atoms with van der Waals surface area (Å²) in [4.78, 5) is 24.7. The predicted octanol–water partition coefficient (Wildman–Crippen LogP) is 4.02. The van der Waals surface area contributed by atoms with Crippen LogP contribution < -0.4 is 5.32 Å². The van der Waals surface area contributed by atoms with E-state index in [2.05, 4.69) is 28.2 Å². The highest BCUT2D eigenvalue weighted by Crippen LogP contribution is 2.48. The maximum atomic E-state index is 12.0. The number of nitrogens with zero attached hydrogens (tertiary/aromatic N) is 2. The molecule has 1 fully saturated rings. The minimum Gasteiger partial charge on any atom is -0.465 e. The number of para-hydroxylation sites is 1. The van der Waals surface area contributed by atoms with E-state index in [1.165, 1.54) is 17.9 Å². The molecule has 0 spiro atoms. The second kappa shape index (κ2) is 7.49. The average molecular weight is 386 g/mol. The van der Waals surface area contributed by atoms with Crippen molar-refractivity contribution in [1.29, 1.82) is 0 Å². The molecule has 2 N–H and O–H groups in total. The molecule has 1 aromatic carbocycles. The van der Waals surface area contributed by atoms with Gasteiger partial charge in [0.2, 0.25) is 5.91 Å². The number of carbonyl (C=O) groups excluding carboxylic acids is 1. The van der Waals surface area contributed by atoms with Crippen LogP contribution in [0.4, 0.5) is 4.79 Å². The fraction of sp³-hybridized carbons (Fsp3) is 0.545. The lowest BCUT2D eigenvalue weighted by atomic mass is 9.96. The molecule has 152 valence electrons. The van der Waals surface area contributed by atoms with Gasteiger partial charge in [-0.15, -0.1) is 0 Å². The maximum Gasteiger partial charge on any atom is 0.408 e. The van der Waals surface area contributed by atoms with Gasteiger partial charge in [-0.2, -0.15) is 0 Å². The molecule has 1 aliphatic carbocycles. The van der Waals surface area contributed by atoms with Crippen LogP contribution in [0.1, 0.15) is 52.5 Å². The van der Waals surface area contributed by atoms with Crippen molar-refractivity contribution in [2.24, 2.45) is 0 Å². The molecule has 0 bridgehead atoms. The van der Waals surface area contributed by atoms with E-state index < -0.39 is 11.6 Å². The zero-order valence-electron chi connectivity index (χ0n) is 17.3. The first-order valence-electron chi connectivity index (χ1n) is 9.98. The van der Waals surface area contributed by atoms with Gasteiger partial charge in [0.05, 0.1) is 5.54 Å². The molecule has 0 unspecified atom stereocenters. The number of amides is 2. The molecule has 0 saturated heterocycles. The third-order valence-corrected chi connectivity index (χ3v) is 5.50. The summed E-state index contributed by atoms with van der Waals surface area (Å²) in [6.07, 6.45) is 4.71. The number of carbonyl (C=O) groups is 2. The van der Waals surface area contributed by atoms with Gasteiger partial charge in [-0.1, -0.05) is 18.2 Å². The van der Waals surface area contributed by atoms with Gasteiger partial charge < -0.3 is 15.0 Å². The second-order valence-electron chi connectivity index (χ2n) is 8.89. The SMILES string of the molecule is CC(=O)NCCCn1cc(CC2(N(C(=O)O)C(C)(C)C)CC2)c2ccccc21. The molecule has 0 aliphatic heterocycles. The fourth-order valence-corrected chi connectivity index (χ4v) is 4.34. The molecule has 1 aromatic heterocycles.